The molecule has 0 radical (unpaired) electrons. The van der Waals surface area contributed by atoms with Crippen LogP contribution in [0.4, 0.5) is 0 Å². The minimum Gasteiger partial charge on any atom is -0.343 e. The van der Waals surface area contributed by atoms with E-state index in [1.165, 1.54) is 23.1 Å². The lowest BCUT2D eigenvalue weighted by molar-refractivity contribution is 0.407. The van der Waals surface area contributed by atoms with E-state index in [4.69, 9.17) is 0 Å². The molecule has 0 aliphatic carbocycles. The molecule has 2 rings (SSSR count). The quantitative estimate of drug-likeness (QED) is 0.850. The Morgan fingerprint density at radius 3 is 2.56 bits per heavy atom. The van der Waals surface area contributed by atoms with E-state index in [9.17, 15) is 0 Å². The van der Waals surface area contributed by atoms with Gasteiger partial charge in [-0.05, 0) is 30.5 Å². The molecule has 0 aliphatic rings. The smallest absolute Gasteiger partial charge is 0.213 e. The summed E-state index contributed by atoms with van der Waals surface area (Å²) in [4.78, 5) is 3.95. The molecule has 1 aromatic heterocycles. The van der Waals surface area contributed by atoms with Crippen molar-refractivity contribution < 1.29 is 4.52 Å². The SMILES string of the molecule is Cc1cccc(C)c1CNCc1ncon1. The predicted octanol–water partition coefficient (Wildman–Crippen LogP) is 1.98. The van der Waals surface area contributed by atoms with Gasteiger partial charge in [-0.1, -0.05) is 23.4 Å². The molecule has 84 valence electrons. The van der Waals surface area contributed by atoms with Crippen LogP contribution in [-0.2, 0) is 13.1 Å². The van der Waals surface area contributed by atoms with Crippen LogP contribution in [0.5, 0.6) is 0 Å². The highest BCUT2D eigenvalue weighted by Crippen LogP contribution is 2.12. The minimum atomic E-state index is 0.629. The van der Waals surface area contributed by atoms with E-state index in [0.29, 0.717) is 12.4 Å². The molecule has 4 nitrogen and oxygen atoms in total. The molecular weight excluding hydrogens is 202 g/mol. The summed E-state index contributed by atoms with van der Waals surface area (Å²) < 4.78 is 4.66. The van der Waals surface area contributed by atoms with Crippen molar-refractivity contribution in [3.63, 3.8) is 0 Å². The Kier molecular flexibility index (Phi) is 3.31. The maximum atomic E-state index is 4.66. The van der Waals surface area contributed by atoms with Crippen LogP contribution >= 0.6 is 0 Å². The van der Waals surface area contributed by atoms with Gasteiger partial charge in [0.05, 0.1) is 6.54 Å². The highest BCUT2D eigenvalue weighted by Gasteiger charge is 2.02. The molecule has 4 heteroatoms. The van der Waals surface area contributed by atoms with Gasteiger partial charge >= 0.3 is 0 Å². The van der Waals surface area contributed by atoms with Gasteiger partial charge in [0.25, 0.3) is 0 Å². The van der Waals surface area contributed by atoms with E-state index in [-0.39, 0.29) is 0 Å². The van der Waals surface area contributed by atoms with Crippen molar-refractivity contribution in [2.45, 2.75) is 26.9 Å². The van der Waals surface area contributed by atoms with Crippen molar-refractivity contribution >= 4 is 0 Å². The average molecular weight is 217 g/mol. The standard InChI is InChI=1S/C12H15N3O/c1-9-4-3-5-10(2)11(9)6-13-7-12-14-8-16-15-12/h3-5,8,13H,6-7H2,1-2H3. The molecule has 16 heavy (non-hydrogen) atoms. The van der Waals surface area contributed by atoms with E-state index in [1.807, 2.05) is 0 Å². The summed E-state index contributed by atoms with van der Waals surface area (Å²) in [7, 11) is 0. The Bertz CT molecular complexity index is 431. The number of hydrogen-bond donors (Lipinski definition) is 1. The lowest BCUT2D eigenvalue weighted by atomic mass is 10.0. The molecule has 0 amide bonds. The zero-order valence-corrected chi connectivity index (χ0v) is 9.53. The molecule has 1 heterocycles. The molecule has 2 aromatic rings. The Morgan fingerprint density at radius 1 is 1.19 bits per heavy atom. The van der Waals surface area contributed by atoms with Crippen LogP contribution in [0.1, 0.15) is 22.5 Å². The first kappa shape index (κ1) is 10.8. The van der Waals surface area contributed by atoms with Crippen LogP contribution in [0, 0.1) is 13.8 Å². The Hall–Kier alpha value is -1.68. The summed E-state index contributed by atoms with van der Waals surface area (Å²) in [5.41, 5.74) is 3.95. The number of aryl methyl sites for hydroxylation is 2. The van der Waals surface area contributed by atoms with Gasteiger partial charge in [-0.2, -0.15) is 4.98 Å². The third-order valence-corrected chi connectivity index (χ3v) is 2.64. The number of aromatic nitrogens is 2. The molecule has 0 atom stereocenters. The lowest BCUT2D eigenvalue weighted by Gasteiger charge is -2.09. The highest BCUT2D eigenvalue weighted by molar-refractivity contribution is 5.33. The van der Waals surface area contributed by atoms with Crippen LogP contribution in [0.25, 0.3) is 0 Å². The first-order valence-corrected chi connectivity index (χ1v) is 5.28. The monoisotopic (exact) mass is 217 g/mol. The van der Waals surface area contributed by atoms with Crippen molar-refractivity contribution in [1.29, 1.82) is 0 Å². The second-order valence-corrected chi connectivity index (χ2v) is 3.82. The summed E-state index contributed by atoms with van der Waals surface area (Å²) in [6.45, 7) is 5.70. The van der Waals surface area contributed by atoms with Crippen molar-refractivity contribution in [3.8, 4) is 0 Å². The fourth-order valence-corrected chi connectivity index (χ4v) is 1.70. The maximum Gasteiger partial charge on any atom is 0.213 e. The number of benzene rings is 1. The van der Waals surface area contributed by atoms with E-state index in [0.717, 1.165) is 6.54 Å². The van der Waals surface area contributed by atoms with E-state index < -0.39 is 0 Å². The number of hydrogen-bond acceptors (Lipinski definition) is 4. The van der Waals surface area contributed by atoms with Gasteiger partial charge in [0, 0.05) is 6.54 Å². The number of rotatable bonds is 4. The molecular formula is C12H15N3O. The average Bonchev–Trinajstić information content (AvgIpc) is 2.75. The Balaban J connectivity index is 1.95. The number of nitrogens with one attached hydrogen (secondary N) is 1. The predicted molar refractivity (Wildman–Crippen MR) is 60.8 cm³/mol. The van der Waals surface area contributed by atoms with Gasteiger partial charge in [-0.25, -0.2) is 0 Å². The number of nitrogens with zero attached hydrogens (tertiary/aromatic N) is 2. The van der Waals surface area contributed by atoms with Gasteiger partial charge in [0.15, 0.2) is 5.82 Å². The van der Waals surface area contributed by atoms with E-state index in [1.54, 1.807) is 0 Å². The van der Waals surface area contributed by atoms with Gasteiger partial charge < -0.3 is 9.84 Å². The third kappa shape index (κ3) is 2.46. The molecule has 0 saturated carbocycles. The van der Waals surface area contributed by atoms with Crippen molar-refractivity contribution in [1.82, 2.24) is 15.5 Å². The molecule has 1 N–H and O–H groups in total. The van der Waals surface area contributed by atoms with Crippen LogP contribution in [0.3, 0.4) is 0 Å². The molecule has 1 aromatic carbocycles. The van der Waals surface area contributed by atoms with Gasteiger partial charge in [0.2, 0.25) is 6.39 Å². The van der Waals surface area contributed by atoms with E-state index in [2.05, 4.69) is 52.0 Å². The summed E-state index contributed by atoms with van der Waals surface area (Å²) >= 11 is 0. The molecule has 0 bridgehead atoms. The molecule has 0 aliphatic heterocycles. The maximum absolute atomic E-state index is 4.66. The largest absolute Gasteiger partial charge is 0.343 e. The fraction of sp³-hybridized carbons (Fsp3) is 0.333. The molecule has 0 saturated heterocycles. The van der Waals surface area contributed by atoms with Crippen molar-refractivity contribution in [2.24, 2.45) is 0 Å². The van der Waals surface area contributed by atoms with Crippen molar-refractivity contribution in [3.05, 3.63) is 47.1 Å². The summed E-state index contributed by atoms with van der Waals surface area (Å²) in [5, 5.41) is 7.04. The van der Waals surface area contributed by atoms with E-state index >= 15 is 0 Å². The molecule has 0 fully saturated rings. The second-order valence-electron chi connectivity index (χ2n) is 3.82. The Labute approximate surface area is 94.7 Å². The first-order valence-electron chi connectivity index (χ1n) is 5.28. The molecule has 0 spiro atoms. The second kappa shape index (κ2) is 4.90. The van der Waals surface area contributed by atoms with Gasteiger partial charge in [-0.3, -0.25) is 0 Å². The zero-order chi connectivity index (χ0) is 11.4. The van der Waals surface area contributed by atoms with Crippen molar-refractivity contribution in [2.75, 3.05) is 0 Å². The summed E-state index contributed by atoms with van der Waals surface area (Å²) in [6, 6.07) is 6.32. The Morgan fingerprint density at radius 2 is 1.94 bits per heavy atom. The normalized spacial score (nSPS) is 10.6. The van der Waals surface area contributed by atoms with Gasteiger partial charge in [0.1, 0.15) is 0 Å². The minimum absolute atomic E-state index is 0.629. The van der Waals surface area contributed by atoms with Crippen LogP contribution in [0.2, 0.25) is 0 Å². The topological polar surface area (TPSA) is 51.0 Å². The molecule has 0 unspecified atom stereocenters. The van der Waals surface area contributed by atoms with Crippen LogP contribution < -0.4 is 5.32 Å². The zero-order valence-electron chi connectivity index (χ0n) is 9.53. The van der Waals surface area contributed by atoms with Crippen LogP contribution in [0.15, 0.2) is 29.1 Å². The first-order chi connectivity index (χ1) is 7.77. The summed E-state index contributed by atoms with van der Waals surface area (Å²) in [6.07, 6.45) is 1.34. The van der Waals surface area contributed by atoms with Crippen LogP contribution in [-0.4, -0.2) is 10.1 Å². The lowest BCUT2D eigenvalue weighted by Crippen LogP contribution is -2.15. The third-order valence-electron chi connectivity index (χ3n) is 2.64. The fourth-order valence-electron chi connectivity index (χ4n) is 1.70. The van der Waals surface area contributed by atoms with Gasteiger partial charge in [-0.15, -0.1) is 0 Å². The highest BCUT2D eigenvalue weighted by atomic mass is 16.5. The summed E-state index contributed by atoms with van der Waals surface area (Å²) in [5.74, 6) is 0.686.